The second-order valence-corrected chi connectivity index (χ2v) is 6.52. The molecular formula is C15H28N4S. The number of nitrogens with one attached hydrogen (secondary N) is 1. The van der Waals surface area contributed by atoms with E-state index < -0.39 is 0 Å². The van der Waals surface area contributed by atoms with Gasteiger partial charge in [0, 0.05) is 18.6 Å². The molecule has 1 aliphatic carbocycles. The van der Waals surface area contributed by atoms with Crippen LogP contribution < -0.4 is 4.90 Å². The lowest BCUT2D eigenvalue weighted by Gasteiger charge is -2.29. The van der Waals surface area contributed by atoms with Crippen LogP contribution in [-0.4, -0.2) is 27.4 Å². The van der Waals surface area contributed by atoms with Crippen LogP contribution in [0.4, 0.5) is 5.95 Å². The summed E-state index contributed by atoms with van der Waals surface area (Å²) >= 11 is 5.47. The lowest BCUT2D eigenvalue weighted by atomic mass is 10.2. The lowest BCUT2D eigenvalue weighted by Crippen LogP contribution is -2.34. The Morgan fingerprint density at radius 2 is 2.05 bits per heavy atom. The van der Waals surface area contributed by atoms with Crippen LogP contribution in [0, 0.1) is 4.77 Å². The van der Waals surface area contributed by atoms with E-state index in [2.05, 4.69) is 40.4 Å². The molecule has 0 saturated heterocycles. The van der Waals surface area contributed by atoms with Crippen LogP contribution in [0.3, 0.4) is 0 Å². The maximum Gasteiger partial charge on any atom is 0.226 e. The highest BCUT2D eigenvalue weighted by Crippen LogP contribution is 2.33. The molecule has 20 heavy (non-hydrogen) atoms. The van der Waals surface area contributed by atoms with Gasteiger partial charge in [-0.3, -0.25) is 4.57 Å². The average molecular weight is 296 g/mol. The van der Waals surface area contributed by atoms with Crippen LogP contribution >= 0.6 is 12.2 Å². The Morgan fingerprint density at radius 1 is 1.35 bits per heavy atom. The summed E-state index contributed by atoms with van der Waals surface area (Å²) in [6.07, 6.45) is 8.85. The SMILES string of the molecule is CCCCCN(c1n[nH]c(=S)n1C1CCCC1)C(C)C. The first-order valence-electron chi connectivity index (χ1n) is 8.08. The zero-order valence-corrected chi connectivity index (χ0v) is 13.9. The predicted octanol–water partition coefficient (Wildman–Crippen LogP) is 4.46. The second-order valence-electron chi connectivity index (χ2n) is 6.13. The number of nitrogens with zero attached hydrogens (tertiary/aromatic N) is 3. The Kier molecular flexibility index (Phi) is 5.64. The number of aromatic amines is 1. The highest BCUT2D eigenvalue weighted by atomic mass is 32.1. The van der Waals surface area contributed by atoms with E-state index in [1.807, 2.05) is 0 Å². The minimum Gasteiger partial charge on any atom is -0.339 e. The third kappa shape index (κ3) is 3.43. The van der Waals surface area contributed by atoms with Gasteiger partial charge in [0.1, 0.15) is 0 Å². The van der Waals surface area contributed by atoms with Crippen LogP contribution in [0.1, 0.15) is 71.8 Å². The molecule has 2 rings (SSSR count). The highest BCUT2D eigenvalue weighted by molar-refractivity contribution is 7.71. The monoisotopic (exact) mass is 296 g/mol. The molecule has 1 aromatic rings. The van der Waals surface area contributed by atoms with Crippen molar-refractivity contribution in [3.8, 4) is 0 Å². The molecule has 1 aromatic heterocycles. The molecule has 1 heterocycles. The fourth-order valence-corrected chi connectivity index (χ4v) is 3.39. The molecule has 0 aliphatic heterocycles. The first kappa shape index (κ1) is 15.5. The van der Waals surface area contributed by atoms with Crippen molar-refractivity contribution in [3.63, 3.8) is 0 Å². The van der Waals surface area contributed by atoms with Crippen LogP contribution in [-0.2, 0) is 0 Å². The van der Waals surface area contributed by atoms with Gasteiger partial charge >= 0.3 is 0 Å². The molecule has 0 spiro atoms. The number of H-pyrrole nitrogens is 1. The molecule has 0 radical (unpaired) electrons. The maximum absolute atomic E-state index is 5.47. The van der Waals surface area contributed by atoms with Gasteiger partial charge in [0.05, 0.1) is 0 Å². The smallest absolute Gasteiger partial charge is 0.226 e. The van der Waals surface area contributed by atoms with Crippen LogP contribution in [0.15, 0.2) is 0 Å². The van der Waals surface area contributed by atoms with Gasteiger partial charge in [-0.1, -0.05) is 32.6 Å². The average Bonchev–Trinajstić information content (AvgIpc) is 3.03. The molecule has 114 valence electrons. The fourth-order valence-electron chi connectivity index (χ4n) is 3.11. The molecule has 4 nitrogen and oxygen atoms in total. The molecule has 0 bridgehead atoms. The minimum absolute atomic E-state index is 0.456. The van der Waals surface area contributed by atoms with Gasteiger partial charge in [-0.15, -0.1) is 5.10 Å². The summed E-state index contributed by atoms with van der Waals surface area (Å²) in [5.74, 6) is 1.05. The maximum atomic E-state index is 5.47. The number of aromatic nitrogens is 3. The molecule has 5 heteroatoms. The van der Waals surface area contributed by atoms with E-state index in [0.717, 1.165) is 17.3 Å². The Bertz CT molecular complexity index is 457. The van der Waals surface area contributed by atoms with E-state index in [4.69, 9.17) is 12.2 Å². The van der Waals surface area contributed by atoms with E-state index in [9.17, 15) is 0 Å². The van der Waals surface area contributed by atoms with Gasteiger partial charge in [0.25, 0.3) is 0 Å². The summed E-state index contributed by atoms with van der Waals surface area (Å²) in [5.41, 5.74) is 0. The largest absolute Gasteiger partial charge is 0.339 e. The van der Waals surface area contributed by atoms with Crippen molar-refractivity contribution < 1.29 is 0 Å². The summed E-state index contributed by atoms with van der Waals surface area (Å²) in [6, 6.07) is 1.00. The van der Waals surface area contributed by atoms with Crippen molar-refractivity contribution in [3.05, 3.63) is 4.77 Å². The third-order valence-corrected chi connectivity index (χ3v) is 4.55. The molecule has 0 amide bonds. The Morgan fingerprint density at radius 3 is 2.65 bits per heavy atom. The number of unbranched alkanes of at least 4 members (excludes halogenated alkanes) is 2. The van der Waals surface area contributed by atoms with E-state index in [0.29, 0.717) is 12.1 Å². The summed E-state index contributed by atoms with van der Waals surface area (Å²) < 4.78 is 3.06. The van der Waals surface area contributed by atoms with E-state index in [1.54, 1.807) is 0 Å². The van der Waals surface area contributed by atoms with Gasteiger partial charge in [0.15, 0.2) is 4.77 Å². The summed E-state index contributed by atoms with van der Waals surface area (Å²) in [5, 5.41) is 7.55. The normalized spacial score (nSPS) is 16.2. The van der Waals surface area contributed by atoms with Crippen LogP contribution in [0.25, 0.3) is 0 Å². The van der Waals surface area contributed by atoms with Gasteiger partial charge in [-0.25, -0.2) is 5.10 Å². The number of hydrogen-bond donors (Lipinski definition) is 1. The van der Waals surface area contributed by atoms with Crippen molar-refractivity contribution >= 4 is 18.2 Å². The fraction of sp³-hybridized carbons (Fsp3) is 0.867. The minimum atomic E-state index is 0.456. The molecule has 1 saturated carbocycles. The highest BCUT2D eigenvalue weighted by Gasteiger charge is 2.24. The first-order valence-corrected chi connectivity index (χ1v) is 8.49. The zero-order chi connectivity index (χ0) is 14.5. The Balaban J connectivity index is 2.21. The Hall–Kier alpha value is -0.840. The van der Waals surface area contributed by atoms with Gasteiger partial charge < -0.3 is 4.90 Å². The molecule has 1 N–H and O–H groups in total. The quantitative estimate of drug-likeness (QED) is 0.596. The summed E-state index contributed by atoms with van der Waals surface area (Å²) in [6.45, 7) is 7.79. The summed E-state index contributed by atoms with van der Waals surface area (Å²) in [7, 11) is 0. The van der Waals surface area contributed by atoms with Gasteiger partial charge in [-0.2, -0.15) is 0 Å². The van der Waals surface area contributed by atoms with E-state index in [1.165, 1.54) is 44.9 Å². The van der Waals surface area contributed by atoms with Gasteiger partial charge in [0.2, 0.25) is 5.95 Å². The van der Waals surface area contributed by atoms with Crippen molar-refractivity contribution in [2.75, 3.05) is 11.4 Å². The molecule has 0 unspecified atom stereocenters. The van der Waals surface area contributed by atoms with Crippen molar-refractivity contribution in [2.24, 2.45) is 0 Å². The van der Waals surface area contributed by atoms with Crippen LogP contribution in [0.5, 0.6) is 0 Å². The molecular weight excluding hydrogens is 268 g/mol. The third-order valence-electron chi connectivity index (χ3n) is 4.26. The molecule has 0 aromatic carbocycles. The summed E-state index contributed by atoms with van der Waals surface area (Å²) in [4.78, 5) is 2.40. The topological polar surface area (TPSA) is 36.9 Å². The predicted molar refractivity (Wildman–Crippen MR) is 86.9 cm³/mol. The van der Waals surface area contributed by atoms with E-state index >= 15 is 0 Å². The number of anilines is 1. The molecule has 0 atom stereocenters. The van der Waals surface area contributed by atoms with Gasteiger partial charge in [-0.05, 0) is 45.3 Å². The van der Waals surface area contributed by atoms with Crippen molar-refractivity contribution in [1.29, 1.82) is 0 Å². The zero-order valence-electron chi connectivity index (χ0n) is 13.1. The number of rotatable bonds is 7. The van der Waals surface area contributed by atoms with E-state index in [-0.39, 0.29) is 0 Å². The number of hydrogen-bond acceptors (Lipinski definition) is 3. The lowest BCUT2D eigenvalue weighted by molar-refractivity contribution is 0.495. The van der Waals surface area contributed by atoms with Crippen molar-refractivity contribution in [1.82, 2.24) is 14.8 Å². The Labute approximate surface area is 127 Å². The second kappa shape index (κ2) is 7.25. The molecule has 1 aliphatic rings. The standard InChI is InChI=1S/C15H28N4S/c1-4-5-8-11-18(12(2)3)14-16-17-15(20)19(14)13-9-6-7-10-13/h12-13H,4-11H2,1-3H3,(H,17,20). The van der Waals surface area contributed by atoms with Crippen molar-refractivity contribution in [2.45, 2.75) is 77.8 Å². The molecule has 1 fully saturated rings. The van der Waals surface area contributed by atoms with Crippen LogP contribution in [0.2, 0.25) is 0 Å². The first-order chi connectivity index (χ1) is 9.65.